The van der Waals surface area contributed by atoms with Crippen molar-refractivity contribution in [2.45, 2.75) is 25.0 Å². The van der Waals surface area contributed by atoms with Crippen molar-refractivity contribution < 1.29 is 23.8 Å². The molecule has 0 radical (unpaired) electrons. The second-order valence-electron chi connectivity index (χ2n) is 5.29. The van der Waals surface area contributed by atoms with Crippen LogP contribution < -0.4 is 5.32 Å². The van der Waals surface area contributed by atoms with Crippen molar-refractivity contribution in [2.24, 2.45) is 11.8 Å². The monoisotopic (exact) mass is 357 g/mol. The van der Waals surface area contributed by atoms with Gasteiger partial charge < -0.3 is 15.2 Å². The maximum atomic E-state index is 13.7. The van der Waals surface area contributed by atoms with Gasteiger partial charge in [-0.25, -0.2) is 4.39 Å². The Morgan fingerprint density at radius 1 is 1.29 bits per heavy atom. The zero-order chi connectivity index (χ0) is 15.1. The summed E-state index contributed by atoms with van der Waals surface area (Å²) in [5.74, 6) is -3.75. The average Bonchev–Trinajstić information content (AvgIpc) is 3.02. The molecular formula is C14H13BrFNO4. The number of halogens is 2. The molecule has 1 amide bonds. The maximum absolute atomic E-state index is 13.7. The molecule has 2 aliphatic rings. The van der Waals surface area contributed by atoms with Gasteiger partial charge in [-0.05, 0) is 31.0 Å². The molecule has 7 heteroatoms. The second kappa shape index (κ2) is 5.38. The van der Waals surface area contributed by atoms with E-state index in [0.717, 1.165) is 0 Å². The normalized spacial score (nSPS) is 30.4. The van der Waals surface area contributed by atoms with E-state index in [1.54, 1.807) is 6.07 Å². The number of amides is 1. The minimum Gasteiger partial charge on any atom is -0.481 e. The number of carbonyl (C=O) groups excluding carboxylic acids is 1. The molecule has 2 bridgehead atoms. The van der Waals surface area contributed by atoms with E-state index in [0.29, 0.717) is 17.3 Å². The van der Waals surface area contributed by atoms with E-state index in [4.69, 9.17) is 4.74 Å². The van der Waals surface area contributed by atoms with Crippen molar-refractivity contribution in [3.63, 3.8) is 0 Å². The van der Waals surface area contributed by atoms with Crippen LogP contribution >= 0.6 is 15.9 Å². The van der Waals surface area contributed by atoms with Crippen LogP contribution in [-0.2, 0) is 14.3 Å². The van der Waals surface area contributed by atoms with E-state index >= 15 is 0 Å². The summed E-state index contributed by atoms with van der Waals surface area (Å²) in [4.78, 5) is 23.7. The summed E-state index contributed by atoms with van der Waals surface area (Å²) in [7, 11) is 0. The molecule has 0 unspecified atom stereocenters. The van der Waals surface area contributed by atoms with Crippen molar-refractivity contribution in [1.29, 1.82) is 0 Å². The van der Waals surface area contributed by atoms with Gasteiger partial charge in [0.25, 0.3) is 0 Å². The third-order valence-electron chi connectivity index (χ3n) is 4.05. The number of aliphatic carboxylic acids is 1. The van der Waals surface area contributed by atoms with Crippen LogP contribution in [0.15, 0.2) is 22.7 Å². The van der Waals surface area contributed by atoms with Gasteiger partial charge in [0, 0.05) is 4.47 Å². The molecule has 0 aliphatic carbocycles. The smallest absolute Gasteiger partial charge is 0.310 e. The SMILES string of the molecule is O=C(O)[C@@H]1[C@@H](C(=O)Nc2ccc(Br)cc2F)[C@H]2CC[C@H]1O2. The summed E-state index contributed by atoms with van der Waals surface area (Å²) in [5, 5.41) is 11.7. The van der Waals surface area contributed by atoms with E-state index in [1.165, 1.54) is 12.1 Å². The van der Waals surface area contributed by atoms with E-state index in [1.807, 2.05) is 0 Å². The first-order valence-corrected chi connectivity index (χ1v) is 7.41. The zero-order valence-electron chi connectivity index (χ0n) is 10.9. The van der Waals surface area contributed by atoms with Gasteiger partial charge in [-0.1, -0.05) is 15.9 Å². The number of nitrogens with one attached hydrogen (secondary N) is 1. The largest absolute Gasteiger partial charge is 0.481 e. The summed E-state index contributed by atoms with van der Waals surface area (Å²) < 4.78 is 19.8. The third-order valence-corrected chi connectivity index (χ3v) is 4.54. The van der Waals surface area contributed by atoms with Crippen molar-refractivity contribution in [3.8, 4) is 0 Å². The Morgan fingerprint density at radius 3 is 2.57 bits per heavy atom. The summed E-state index contributed by atoms with van der Waals surface area (Å²) in [6, 6.07) is 4.27. The van der Waals surface area contributed by atoms with Crippen LogP contribution in [0.1, 0.15) is 12.8 Å². The third kappa shape index (κ3) is 2.55. The van der Waals surface area contributed by atoms with Gasteiger partial charge in [0.15, 0.2) is 0 Å². The van der Waals surface area contributed by atoms with Crippen LogP contribution in [0.5, 0.6) is 0 Å². The highest BCUT2D eigenvalue weighted by molar-refractivity contribution is 9.10. The van der Waals surface area contributed by atoms with E-state index in [2.05, 4.69) is 21.2 Å². The predicted octanol–water partition coefficient (Wildman–Crippen LogP) is 2.40. The minimum atomic E-state index is -1.04. The lowest BCUT2D eigenvalue weighted by molar-refractivity contribution is -0.147. The molecule has 4 atom stereocenters. The number of carbonyl (C=O) groups is 2. The van der Waals surface area contributed by atoms with Crippen molar-refractivity contribution in [3.05, 3.63) is 28.5 Å². The van der Waals surface area contributed by atoms with Gasteiger partial charge in [0.1, 0.15) is 5.82 Å². The van der Waals surface area contributed by atoms with Crippen LogP contribution in [0.2, 0.25) is 0 Å². The van der Waals surface area contributed by atoms with Gasteiger partial charge in [-0.15, -0.1) is 0 Å². The maximum Gasteiger partial charge on any atom is 0.310 e. The highest BCUT2D eigenvalue weighted by Crippen LogP contribution is 2.44. The molecule has 0 saturated carbocycles. The van der Waals surface area contributed by atoms with Crippen molar-refractivity contribution in [1.82, 2.24) is 0 Å². The molecule has 21 heavy (non-hydrogen) atoms. The molecule has 2 N–H and O–H groups in total. The highest BCUT2D eigenvalue weighted by Gasteiger charge is 2.55. The number of ether oxygens (including phenoxy) is 1. The number of carboxylic acid groups (broad SMARTS) is 1. The molecule has 0 spiro atoms. The quantitative estimate of drug-likeness (QED) is 0.870. The number of hydrogen-bond acceptors (Lipinski definition) is 3. The lowest BCUT2D eigenvalue weighted by atomic mass is 9.78. The summed E-state index contributed by atoms with van der Waals surface area (Å²) in [6.07, 6.45) is 0.501. The summed E-state index contributed by atoms with van der Waals surface area (Å²) in [5.41, 5.74) is 0.0371. The molecule has 5 nitrogen and oxygen atoms in total. The first kappa shape index (κ1) is 14.5. The molecule has 1 aromatic rings. The van der Waals surface area contributed by atoms with Gasteiger partial charge in [0.05, 0.1) is 29.7 Å². The Bertz CT molecular complexity index is 609. The fraction of sp³-hybridized carbons (Fsp3) is 0.429. The molecule has 112 valence electrons. The Morgan fingerprint density at radius 2 is 1.95 bits per heavy atom. The predicted molar refractivity (Wildman–Crippen MR) is 75.2 cm³/mol. The standard InChI is InChI=1S/C14H13BrFNO4/c15-6-1-2-8(7(16)5-6)17-13(18)11-9-3-4-10(21-9)12(11)14(19)20/h1-2,5,9-12H,3-4H2,(H,17,18)(H,19,20)/t9-,10-,11+,12+/m1/s1. The van der Waals surface area contributed by atoms with Crippen LogP contribution in [0.4, 0.5) is 10.1 Å². The fourth-order valence-corrected chi connectivity index (χ4v) is 3.46. The molecule has 3 rings (SSSR count). The van der Waals surface area contributed by atoms with E-state index < -0.39 is 41.7 Å². The number of carboxylic acids is 1. The Kier molecular flexibility index (Phi) is 3.71. The molecule has 2 saturated heterocycles. The van der Waals surface area contributed by atoms with E-state index in [-0.39, 0.29) is 5.69 Å². The number of benzene rings is 1. The first-order chi connectivity index (χ1) is 9.97. The fourth-order valence-electron chi connectivity index (χ4n) is 3.13. The van der Waals surface area contributed by atoms with Crippen LogP contribution in [0.3, 0.4) is 0 Å². The Balaban J connectivity index is 1.80. The molecular weight excluding hydrogens is 345 g/mol. The molecule has 2 heterocycles. The van der Waals surface area contributed by atoms with E-state index in [9.17, 15) is 19.1 Å². The number of rotatable bonds is 3. The first-order valence-electron chi connectivity index (χ1n) is 6.61. The second-order valence-corrected chi connectivity index (χ2v) is 6.21. The van der Waals surface area contributed by atoms with Crippen molar-refractivity contribution >= 4 is 33.5 Å². The Labute approximate surface area is 128 Å². The average molecular weight is 358 g/mol. The van der Waals surface area contributed by atoms with Gasteiger partial charge in [0.2, 0.25) is 5.91 Å². The number of fused-ring (bicyclic) bond motifs is 2. The summed E-state index contributed by atoms with van der Waals surface area (Å²) >= 11 is 3.13. The highest BCUT2D eigenvalue weighted by atomic mass is 79.9. The van der Waals surface area contributed by atoms with Gasteiger partial charge >= 0.3 is 5.97 Å². The lowest BCUT2D eigenvalue weighted by Gasteiger charge is -2.23. The number of anilines is 1. The van der Waals surface area contributed by atoms with Crippen molar-refractivity contribution in [2.75, 3.05) is 5.32 Å². The molecule has 2 aliphatic heterocycles. The molecule has 0 aromatic heterocycles. The Hall–Kier alpha value is -1.47. The number of hydrogen-bond donors (Lipinski definition) is 2. The van der Waals surface area contributed by atoms with Gasteiger partial charge in [-0.2, -0.15) is 0 Å². The zero-order valence-corrected chi connectivity index (χ0v) is 12.5. The van der Waals surface area contributed by atoms with Crippen LogP contribution in [0.25, 0.3) is 0 Å². The van der Waals surface area contributed by atoms with Crippen LogP contribution in [-0.4, -0.2) is 29.2 Å². The molecule has 2 fully saturated rings. The molecule has 1 aromatic carbocycles. The van der Waals surface area contributed by atoms with Gasteiger partial charge in [-0.3, -0.25) is 9.59 Å². The topological polar surface area (TPSA) is 75.6 Å². The summed E-state index contributed by atoms with van der Waals surface area (Å²) in [6.45, 7) is 0. The lowest BCUT2D eigenvalue weighted by Crippen LogP contribution is -2.41. The van der Waals surface area contributed by atoms with Crippen LogP contribution in [0, 0.1) is 17.7 Å². The minimum absolute atomic E-state index is 0.0371.